The van der Waals surface area contributed by atoms with Crippen molar-refractivity contribution in [1.29, 1.82) is 0 Å². The van der Waals surface area contributed by atoms with Crippen molar-refractivity contribution >= 4 is 11.9 Å². The first-order chi connectivity index (χ1) is 8.22. The zero-order valence-electron chi connectivity index (χ0n) is 10.3. The maximum Gasteiger partial charge on any atom is 0.331 e. The third kappa shape index (κ3) is 6.09. The third-order valence-electron chi connectivity index (χ3n) is 2.64. The lowest BCUT2D eigenvalue weighted by Gasteiger charge is -2.20. The maximum absolute atomic E-state index is 11.4. The molecule has 0 heterocycles. The summed E-state index contributed by atoms with van der Waals surface area (Å²) in [7, 11) is 0. The predicted molar refractivity (Wildman–Crippen MR) is 63.4 cm³/mol. The van der Waals surface area contributed by atoms with E-state index < -0.39 is 11.9 Å². The number of hydrogen-bond donors (Lipinski definition) is 0. The van der Waals surface area contributed by atoms with Gasteiger partial charge in [-0.25, -0.2) is 9.59 Å². The van der Waals surface area contributed by atoms with Gasteiger partial charge in [0, 0.05) is 12.2 Å². The van der Waals surface area contributed by atoms with E-state index in [0.29, 0.717) is 6.61 Å². The van der Waals surface area contributed by atoms with Crippen molar-refractivity contribution in [2.45, 2.75) is 51.6 Å². The smallest absolute Gasteiger partial charge is 0.331 e. The Labute approximate surface area is 102 Å². The molecule has 0 aromatic rings. The molecule has 0 unspecified atom stereocenters. The lowest BCUT2D eigenvalue weighted by molar-refractivity contribution is -0.145. The molecule has 0 atom stereocenters. The van der Waals surface area contributed by atoms with Crippen molar-refractivity contribution in [1.82, 2.24) is 0 Å². The molecule has 0 radical (unpaired) electrons. The van der Waals surface area contributed by atoms with Crippen LogP contribution in [0.5, 0.6) is 0 Å². The summed E-state index contributed by atoms with van der Waals surface area (Å²) in [6, 6.07) is 0. The molecular weight excluding hydrogens is 220 g/mol. The summed E-state index contributed by atoms with van der Waals surface area (Å²) in [4.78, 5) is 22.5. The molecule has 96 valence electrons. The molecule has 1 fully saturated rings. The fraction of sp³-hybridized carbons (Fsp3) is 0.692. The Morgan fingerprint density at radius 3 is 2.41 bits per heavy atom. The summed E-state index contributed by atoms with van der Waals surface area (Å²) in [5.41, 5.74) is 0. The van der Waals surface area contributed by atoms with Crippen LogP contribution in [0.3, 0.4) is 0 Å². The van der Waals surface area contributed by atoms with Gasteiger partial charge in [0.1, 0.15) is 6.10 Å². The lowest BCUT2D eigenvalue weighted by Crippen LogP contribution is -2.19. The van der Waals surface area contributed by atoms with E-state index in [2.05, 4.69) is 0 Å². The molecule has 1 aliphatic rings. The average Bonchev–Trinajstić information content (AvgIpc) is 2.35. The second kappa shape index (κ2) is 7.87. The van der Waals surface area contributed by atoms with Gasteiger partial charge in [-0.15, -0.1) is 0 Å². The standard InChI is InChI=1S/C13H20O4/c1-2-10-16-12(14)8-9-13(15)17-11-6-4-3-5-7-11/h8-9,11H,2-7,10H2,1H3/b9-8+. The number of ether oxygens (including phenoxy) is 2. The van der Waals surface area contributed by atoms with Crippen LogP contribution in [0.15, 0.2) is 12.2 Å². The molecule has 1 saturated carbocycles. The Bertz CT molecular complexity index is 277. The van der Waals surface area contributed by atoms with Crippen LogP contribution in [0.4, 0.5) is 0 Å². The Kier molecular flexibility index (Phi) is 6.37. The SMILES string of the molecule is CCCOC(=O)/C=C/C(=O)OC1CCCCC1. The fourth-order valence-electron chi connectivity index (χ4n) is 1.77. The van der Waals surface area contributed by atoms with Crippen molar-refractivity contribution in [3.8, 4) is 0 Å². The number of carbonyl (C=O) groups is 2. The minimum atomic E-state index is -0.493. The van der Waals surface area contributed by atoms with Gasteiger partial charge < -0.3 is 9.47 Å². The number of esters is 2. The van der Waals surface area contributed by atoms with Crippen molar-refractivity contribution in [2.24, 2.45) is 0 Å². The zero-order valence-corrected chi connectivity index (χ0v) is 10.3. The summed E-state index contributed by atoms with van der Waals surface area (Å²) < 4.78 is 10.0. The van der Waals surface area contributed by atoms with Crippen molar-refractivity contribution < 1.29 is 19.1 Å². The van der Waals surface area contributed by atoms with Gasteiger partial charge in [-0.3, -0.25) is 0 Å². The van der Waals surface area contributed by atoms with Gasteiger partial charge in [-0.1, -0.05) is 13.3 Å². The van der Waals surface area contributed by atoms with Crippen molar-refractivity contribution in [3.63, 3.8) is 0 Å². The molecule has 0 saturated heterocycles. The normalized spacial score (nSPS) is 17.0. The highest BCUT2D eigenvalue weighted by molar-refractivity contribution is 5.91. The van der Waals surface area contributed by atoms with E-state index in [4.69, 9.17) is 9.47 Å². The third-order valence-corrected chi connectivity index (χ3v) is 2.64. The van der Waals surface area contributed by atoms with Crippen LogP contribution in [0, 0.1) is 0 Å². The number of hydrogen-bond acceptors (Lipinski definition) is 4. The first-order valence-electron chi connectivity index (χ1n) is 6.28. The van der Waals surface area contributed by atoms with Crippen LogP contribution < -0.4 is 0 Å². The van der Waals surface area contributed by atoms with Gasteiger partial charge >= 0.3 is 11.9 Å². The Hall–Kier alpha value is -1.32. The largest absolute Gasteiger partial charge is 0.463 e. The molecule has 0 aliphatic heterocycles. The van der Waals surface area contributed by atoms with Crippen molar-refractivity contribution in [3.05, 3.63) is 12.2 Å². The molecule has 17 heavy (non-hydrogen) atoms. The fourth-order valence-corrected chi connectivity index (χ4v) is 1.77. The van der Waals surface area contributed by atoms with Gasteiger partial charge in [-0.05, 0) is 32.1 Å². The van der Waals surface area contributed by atoms with E-state index in [1.54, 1.807) is 0 Å². The molecule has 0 aromatic heterocycles. The Balaban J connectivity index is 2.23. The molecule has 1 aliphatic carbocycles. The van der Waals surface area contributed by atoms with Crippen LogP contribution in [0.25, 0.3) is 0 Å². The van der Waals surface area contributed by atoms with Gasteiger partial charge in [0.25, 0.3) is 0 Å². The second-order valence-corrected chi connectivity index (χ2v) is 4.20. The second-order valence-electron chi connectivity index (χ2n) is 4.20. The van der Waals surface area contributed by atoms with Crippen LogP contribution in [-0.2, 0) is 19.1 Å². The van der Waals surface area contributed by atoms with Crippen LogP contribution >= 0.6 is 0 Å². The number of rotatable bonds is 5. The van der Waals surface area contributed by atoms with E-state index in [9.17, 15) is 9.59 Å². The summed E-state index contributed by atoms with van der Waals surface area (Å²) in [5, 5.41) is 0. The van der Waals surface area contributed by atoms with Crippen LogP contribution in [-0.4, -0.2) is 24.6 Å². The van der Waals surface area contributed by atoms with Gasteiger partial charge in [0.2, 0.25) is 0 Å². The van der Waals surface area contributed by atoms with Gasteiger partial charge in [0.05, 0.1) is 6.61 Å². The van der Waals surface area contributed by atoms with Crippen molar-refractivity contribution in [2.75, 3.05) is 6.61 Å². The minimum absolute atomic E-state index is 0.0209. The monoisotopic (exact) mass is 240 g/mol. The molecule has 1 rings (SSSR count). The molecule has 0 bridgehead atoms. The molecule has 0 spiro atoms. The molecule has 0 N–H and O–H groups in total. The predicted octanol–water partition coefficient (Wildman–Crippen LogP) is 2.37. The van der Waals surface area contributed by atoms with Crippen LogP contribution in [0.1, 0.15) is 45.4 Å². The lowest BCUT2D eigenvalue weighted by atomic mass is 9.98. The van der Waals surface area contributed by atoms with E-state index in [1.165, 1.54) is 6.42 Å². The van der Waals surface area contributed by atoms with E-state index >= 15 is 0 Å². The maximum atomic E-state index is 11.4. The topological polar surface area (TPSA) is 52.6 Å². The van der Waals surface area contributed by atoms with Gasteiger partial charge in [-0.2, -0.15) is 0 Å². The van der Waals surface area contributed by atoms with Crippen LogP contribution in [0.2, 0.25) is 0 Å². The molecule has 4 nitrogen and oxygen atoms in total. The van der Waals surface area contributed by atoms with E-state index in [1.807, 2.05) is 6.92 Å². The highest BCUT2D eigenvalue weighted by atomic mass is 16.5. The number of carbonyl (C=O) groups excluding carboxylic acids is 2. The minimum Gasteiger partial charge on any atom is -0.463 e. The Morgan fingerprint density at radius 1 is 1.12 bits per heavy atom. The highest BCUT2D eigenvalue weighted by Crippen LogP contribution is 2.20. The molecule has 4 heteroatoms. The summed E-state index contributed by atoms with van der Waals surface area (Å²) in [6.45, 7) is 2.29. The first kappa shape index (κ1) is 13.7. The van der Waals surface area contributed by atoms with Gasteiger partial charge in [0.15, 0.2) is 0 Å². The highest BCUT2D eigenvalue weighted by Gasteiger charge is 2.16. The van der Waals surface area contributed by atoms with E-state index in [-0.39, 0.29) is 6.10 Å². The Morgan fingerprint density at radius 2 is 1.76 bits per heavy atom. The van der Waals surface area contributed by atoms with E-state index in [0.717, 1.165) is 44.3 Å². The summed E-state index contributed by atoms with van der Waals surface area (Å²) >= 11 is 0. The molecule has 0 amide bonds. The quantitative estimate of drug-likeness (QED) is 0.547. The summed E-state index contributed by atoms with van der Waals surface area (Å²) in [6.07, 6.45) is 8.36. The zero-order chi connectivity index (χ0) is 12.5. The first-order valence-corrected chi connectivity index (χ1v) is 6.28. The average molecular weight is 240 g/mol. The molecular formula is C13H20O4. The molecule has 0 aromatic carbocycles. The summed E-state index contributed by atoms with van der Waals surface area (Å²) in [5.74, 6) is -0.946.